The Morgan fingerprint density at radius 2 is 1.73 bits per heavy atom. The number of nitrogens with two attached hydrogens (primary N) is 1. The summed E-state index contributed by atoms with van der Waals surface area (Å²) in [7, 11) is 1.43. The van der Waals surface area contributed by atoms with Crippen LogP contribution in [-0.4, -0.2) is 16.9 Å². The molecule has 3 N–H and O–H groups in total. The Morgan fingerprint density at radius 1 is 1.20 bits per heavy atom. The summed E-state index contributed by atoms with van der Waals surface area (Å²) in [4.78, 5) is 19.7. The van der Waals surface area contributed by atoms with Gasteiger partial charge in [0.1, 0.15) is 11.4 Å². The van der Waals surface area contributed by atoms with Crippen molar-refractivity contribution in [1.82, 2.24) is 0 Å². The smallest absolute Gasteiger partial charge is 0.294 e. The molecule has 0 fully saturated rings. The molecule has 0 spiro atoms. The number of rotatable bonds is 3. The number of nitrogen functional groups attached to an aromatic ring is 1. The van der Waals surface area contributed by atoms with Crippen LogP contribution in [0.2, 0.25) is 0 Å². The van der Waals surface area contributed by atoms with Gasteiger partial charge in [-0.3, -0.25) is 20.2 Å². The van der Waals surface area contributed by atoms with Gasteiger partial charge in [0.25, 0.3) is 11.4 Å². The first-order valence-electron chi connectivity index (χ1n) is 3.87. The Labute approximate surface area is 84.0 Å². The van der Waals surface area contributed by atoms with Crippen LogP contribution in [0.15, 0.2) is 12.1 Å². The number of nitro groups is 2. The fourth-order valence-corrected chi connectivity index (χ4v) is 1.10. The van der Waals surface area contributed by atoms with Gasteiger partial charge in [0.05, 0.1) is 9.85 Å². The van der Waals surface area contributed by atoms with Crippen LogP contribution in [0.5, 0.6) is 0 Å². The van der Waals surface area contributed by atoms with Crippen molar-refractivity contribution in [2.24, 2.45) is 0 Å². The molecule has 0 aromatic heterocycles. The number of nitrogens with zero attached hydrogens (tertiary/aromatic N) is 2. The predicted octanol–water partition coefficient (Wildman–Crippen LogP) is 1.13. The number of anilines is 2. The van der Waals surface area contributed by atoms with Gasteiger partial charge >= 0.3 is 0 Å². The second kappa shape index (κ2) is 3.78. The summed E-state index contributed by atoms with van der Waals surface area (Å²) in [5.41, 5.74) is 4.49. The third-order valence-corrected chi connectivity index (χ3v) is 1.81. The largest absolute Gasteiger partial charge is 0.393 e. The quantitative estimate of drug-likeness (QED) is 0.439. The van der Waals surface area contributed by atoms with Crippen LogP contribution in [-0.2, 0) is 0 Å². The van der Waals surface area contributed by atoms with Crippen LogP contribution in [0.4, 0.5) is 22.7 Å². The lowest BCUT2D eigenvalue weighted by molar-refractivity contribution is -0.387. The Hall–Kier alpha value is -2.38. The van der Waals surface area contributed by atoms with Crippen molar-refractivity contribution in [3.63, 3.8) is 0 Å². The number of nitrogens with one attached hydrogen (secondary N) is 1. The fourth-order valence-electron chi connectivity index (χ4n) is 1.10. The molecule has 0 saturated carbocycles. The molecule has 80 valence electrons. The van der Waals surface area contributed by atoms with Gasteiger partial charge in [-0.2, -0.15) is 0 Å². The third-order valence-electron chi connectivity index (χ3n) is 1.81. The highest BCUT2D eigenvalue weighted by atomic mass is 16.6. The van der Waals surface area contributed by atoms with E-state index in [0.29, 0.717) is 0 Å². The molecule has 0 atom stereocenters. The number of benzene rings is 1. The van der Waals surface area contributed by atoms with E-state index in [4.69, 9.17) is 5.73 Å². The van der Waals surface area contributed by atoms with Gasteiger partial charge in [-0.15, -0.1) is 0 Å². The molecule has 0 bridgehead atoms. The highest BCUT2D eigenvalue weighted by Gasteiger charge is 2.21. The van der Waals surface area contributed by atoms with Crippen LogP contribution in [0.25, 0.3) is 0 Å². The van der Waals surface area contributed by atoms with Crippen LogP contribution >= 0.6 is 0 Å². The van der Waals surface area contributed by atoms with Crippen LogP contribution in [0.1, 0.15) is 0 Å². The van der Waals surface area contributed by atoms with Crippen molar-refractivity contribution in [2.75, 3.05) is 18.1 Å². The first-order valence-corrected chi connectivity index (χ1v) is 3.87. The first-order chi connectivity index (χ1) is 6.97. The molecule has 1 rings (SSSR count). The van der Waals surface area contributed by atoms with Gasteiger partial charge in [0.15, 0.2) is 0 Å². The Morgan fingerprint density at radius 3 is 2.13 bits per heavy atom. The van der Waals surface area contributed by atoms with Crippen molar-refractivity contribution >= 4 is 22.7 Å². The number of hydrogen-bond acceptors (Lipinski definition) is 6. The SMILES string of the molecule is CNc1cc([N+](=O)[O-])c(N)cc1[N+](=O)[O-]. The van der Waals surface area contributed by atoms with E-state index >= 15 is 0 Å². The molecule has 0 aliphatic heterocycles. The molecule has 0 aliphatic carbocycles. The van der Waals surface area contributed by atoms with Crippen LogP contribution < -0.4 is 11.1 Å². The van der Waals surface area contributed by atoms with Crippen LogP contribution in [0, 0.1) is 20.2 Å². The minimum Gasteiger partial charge on any atom is -0.393 e. The van der Waals surface area contributed by atoms with E-state index in [2.05, 4.69) is 5.32 Å². The molecular formula is C7H8N4O4. The highest BCUT2D eigenvalue weighted by molar-refractivity contribution is 5.74. The van der Waals surface area contributed by atoms with Gasteiger partial charge in [-0.25, -0.2) is 0 Å². The maximum Gasteiger partial charge on any atom is 0.294 e. The summed E-state index contributed by atoms with van der Waals surface area (Å²) in [6, 6.07) is 2.00. The summed E-state index contributed by atoms with van der Waals surface area (Å²) in [6.45, 7) is 0. The average molecular weight is 212 g/mol. The molecule has 0 amide bonds. The fraction of sp³-hybridized carbons (Fsp3) is 0.143. The van der Waals surface area contributed by atoms with E-state index in [1.165, 1.54) is 7.05 Å². The maximum atomic E-state index is 10.6. The van der Waals surface area contributed by atoms with Gasteiger partial charge in [-0.05, 0) is 0 Å². The van der Waals surface area contributed by atoms with Crippen molar-refractivity contribution in [1.29, 1.82) is 0 Å². The average Bonchev–Trinajstić information content (AvgIpc) is 2.16. The second-order valence-corrected chi connectivity index (χ2v) is 2.69. The summed E-state index contributed by atoms with van der Waals surface area (Å²) >= 11 is 0. The van der Waals surface area contributed by atoms with Crippen molar-refractivity contribution in [2.45, 2.75) is 0 Å². The van der Waals surface area contributed by atoms with Gasteiger partial charge in [-0.1, -0.05) is 0 Å². The summed E-state index contributed by atoms with van der Waals surface area (Å²) in [6.07, 6.45) is 0. The van der Waals surface area contributed by atoms with E-state index in [0.717, 1.165) is 12.1 Å². The van der Waals surface area contributed by atoms with Gasteiger partial charge in [0.2, 0.25) is 0 Å². The third kappa shape index (κ3) is 1.93. The lowest BCUT2D eigenvalue weighted by Gasteiger charge is -2.03. The molecule has 0 heterocycles. The molecular weight excluding hydrogens is 204 g/mol. The monoisotopic (exact) mass is 212 g/mol. The Bertz CT molecular complexity index is 431. The van der Waals surface area contributed by atoms with E-state index in [1.807, 2.05) is 0 Å². The van der Waals surface area contributed by atoms with Gasteiger partial charge < -0.3 is 11.1 Å². The Kier molecular flexibility index (Phi) is 2.70. The topological polar surface area (TPSA) is 124 Å². The number of nitro benzene ring substituents is 2. The Balaban J connectivity index is 3.42. The zero-order valence-electron chi connectivity index (χ0n) is 7.76. The van der Waals surface area contributed by atoms with E-state index in [-0.39, 0.29) is 22.7 Å². The lowest BCUT2D eigenvalue weighted by Crippen LogP contribution is -2.01. The van der Waals surface area contributed by atoms with Gasteiger partial charge in [0, 0.05) is 19.2 Å². The van der Waals surface area contributed by atoms with E-state index in [9.17, 15) is 20.2 Å². The molecule has 0 radical (unpaired) electrons. The molecule has 15 heavy (non-hydrogen) atoms. The maximum absolute atomic E-state index is 10.6. The molecule has 0 unspecified atom stereocenters. The zero-order valence-corrected chi connectivity index (χ0v) is 7.76. The molecule has 1 aromatic carbocycles. The summed E-state index contributed by atoms with van der Waals surface area (Å²) in [5.74, 6) is 0. The number of hydrogen-bond donors (Lipinski definition) is 2. The standard InChI is InChI=1S/C7H8N4O4/c1-9-5-3-6(10(12)13)4(8)2-7(5)11(14)15/h2-3,9H,8H2,1H3. The van der Waals surface area contributed by atoms with Crippen LogP contribution in [0.3, 0.4) is 0 Å². The van der Waals surface area contributed by atoms with Crippen molar-refractivity contribution < 1.29 is 9.85 Å². The van der Waals surface area contributed by atoms with Crippen molar-refractivity contribution in [3.8, 4) is 0 Å². The van der Waals surface area contributed by atoms with E-state index < -0.39 is 9.85 Å². The second-order valence-electron chi connectivity index (χ2n) is 2.69. The predicted molar refractivity (Wildman–Crippen MR) is 53.7 cm³/mol. The lowest BCUT2D eigenvalue weighted by atomic mass is 10.2. The molecule has 1 aromatic rings. The molecule has 0 saturated heterocycles. The van der Waals surface area contributed by atoms with Crippen molar-refractivity contribution in [3.05, 3.63) is 32.4 Å². The molecule has 8 nitrogen and oxygen atoms in total. The summed E-state index contributed by atoms with van der Waals surface area (Å²) in [5, 5.41) is 23.6. The zero-order chi connectivity index (χ0) is 11.6. The minimum absolute atomic E-state index is 0.0564. The molecule has 0 aliphatic rings. The van der Waals surface area contributed by atoms with E-state index in [1.54, 1.807) is 0 Å². The normalized spacial score (nSPS) is 9.67. The minimum atomic E-state index is -0.695. The molecule has 8 heteroatoms. The first kappa shape index (κ1) is 10.7. The summed E-state index contributed by atoms with van der Waals surface area (Å²) < 4.78 is 0. The highest BCUT2D eigenvalue weighted by Crippen LogP contribution is 2.33.